The molecule has 5 N–H and O–H groups in total. The minimum absolute atomic E-state index is 0. The van der Waals surface area contributed by atoms with Crippen molar-refractivity contribution in [3.63, 3.8) is 0 Å². The number of alkyl halides is 1. The molecule has 1 aromatic rings. The largest absolute Gasteiger partial charge is 0.412 e. The SMILES string of the molecule is C.CC(C)[C@H](CN1CC[C@H](C2=CCC(Cl)C=C2)C(C)(C)C1)NC(=O)c1cncc(C2=CCCC=C2)c1.O.O. The molecule has 0 aromatic carbocycles. The van der Waals surface area contributed by atoms with E-state index >= 15 is 0 Å². The highest BCUT2D eigenvalue weighted by molar-refractivity contribution is 6.22. The monoisotopic (exact) mass is 545 g/mol. The van der Waals surface area contributed by atoms with Crippen molar-refractivity contribution in [2.24, 2.45) is 17.3 Å². The molecule has 1 aromatic heterocycles. The number of hydrogen-bond donors (Lipinski definition) is 1. The quantitative estimate of drug-likeness (QED) is 0.463. The molecule has 0 saturated carbocycles. The van der Waals surface area contributed by atoms with Crippen LogP contribution in [0.25, 0.3) is 5.57 Å². The highest BCUT2D eigenvalue weighted by Crippen LogP contribution is 2.41. The van der Waals surface area contributed by atoms with Crippen molar-refractivity contribution in [1.29, 1.82) is 0 Å². The third-order valence-electron chi connectivity index (χ3n) is 7.69. The highest BCUT2D eigenvalue weighted by Gasteiger charge is 2.38. The summed E-state index contributed by atoms with van der Waals surface area (Å²) >= 11 is 6.25. The van der Waals surface area contributed by atoms with Crippen LogP contribution in [0, 0.1) is 17.3 Å². The van der Waals surface area contributed by atoms with Crippen molar-refractivity contribution in [2.45, 2.75) is 72.2 Å². The molecular weight excluding hydrogens is 498 g/mol. The zero-order chi connectivity index (χ0) is 25.0. The van der Waals surface area contributed by atoms with Gasteiger partial charge in [0.25, 0.3) is 5.91 Å². The molecule has 0 radical (unpaired) electrons. The van der Waals surface area contributed by atoms with Crippen molar-refractivity contribution in [2.75, 3.05) is 19.6 Å². The topological polar surface area (TPSA) is 108 Å². The van der Waals surface area contributed by atoms with E-state index in [1.165, 1.54) is 5.57 Å². The summed E-state index contributed by atoms with van der Waals surface area (Å²) < 4.78 is 0. The molecule has 2 aliphatic carbocycles. The van der Waals surface area contributed by atoms with Gasteiger partial charge in [-0.1, -0.05) is 71.6 Å². The van der Waals surface area contributed by atoms with Gasteiger partial charge in [-0.2, -0.15) is 0 Å². The van der Waals surface area contributed by atoms with Crippen molar-refractivity contribution in [3.05, 3.63) is 71.6 Å². The number of halogens is 1. The van der Waals surface area contributed by atoms with Crippen molar-refractivity contribution < 1.29 is 15.7 Å². The van der Waals surface area contributed by atoms with E-state index in [1.807, 2.05) is 12.3 Å². The summed E-state index contributed by atoms with van der Waals surface area (Å²) in [6.45, 7) is 12.0. The third kappa shape index (κ3) is 8.37. The first-order chi connectivity index (χ1) is 16.7. The summed E-state index contributed by atoms with van der Waals surface area (Å²) in [5, 5.41) is 3.45. The van der Waals surface area contributed by atoms with E-state index in [0.29, 0.717) is 17.4 Å². The zero-order valence-electron chi connectivity index (χ0n) is 22.6. The maximum Gasteiger partial charge on any atom is 0.253 e. The van der Waals surface area contributed by atoms with Crippen LogP contribution in [-0.4, -0.2) is 57.8 Å². The van der Waals surface area contributed by atoms with Gasteiger partial charge in [0.1, 0.15) is 0 Å². The predicted molar refractivity (Wildman–Crippen MR) is 160 cm³/mol. The molecule has 1 amide bonds. The maximum atomic E-state index is 13.2. The van der Waals surface area contributed by atoms with E-state index in [1.54, 1.807) is 6.20 Å². The van der Waals surface area contributed by atoms with Crippen LogP contribution < -0.4 is 5.32 Å². The second-order valence-corrected chi connectivity index (χ2v) is 11.9. The second-order valence-electron chi connectivity index (χ2n) is 11.3. The Kier molecular flexibility index (Phi) is 13.1. The molecule has 1 aliphatic heterocycles. The molecule has 7 heteroatoms. The molecule has 3 aliphatic rings. The fraction of sp³-hybridized carbons (Fsp3) is 0.548. The van der Waals surface area contributed by atoms with Gasteiger partial charge in [0.15, 0.2) is 0 Å². The van der Waals surface area contributed by atoms with Gasteiger partial charge in [-0.05, 0) is 66.7 Å². The number of nitrogens with zero attached hydrogens (tertiary/aromatic N) is 2. The summed E-state index contributed by atoms with van der Waals surface area (Å²) in [5.41, 5.74) is 4.38. The molecule has 212 valence electrons. The van der Waals surface area contributed by atoms with E-state index in [-0.39, 0.29) is 41.1 Å². The number of hydrogen-bond acceptors (Lipinski definition) is 3. The first-order valence-corrected chi connectivity index (χ1v) is 13.5. The van der Waals surface area contributed by atoms with Gasteiger partial charge >= 0.3 is 0 Å². The number of rotatable bonds is 7. The number of aromatic nitrogens is 1. The maximum absolute atomic E-state index is 13.2. The number of carbonyl (C=O) groups is 1. The Morgan fingerprint density at radius 3 is 2.55 bits per heavy atom. The summed E-state index contributed by atoms with van der Waals surface area (Å²) in [4.78, 5) is 20.1. The Morgan fingerprint density at radius 1 is 1.18 bits per heavy atom. The lowest BCUT2D eigenvalue weighted by molar-refractivity contribution is 0.0607. The van der Waals surface area contributed by atoms with Crippen LogP contribution in [0.3, 0.4) is 0 Å². The van der Waals surface area contributed by atoms with Gasteiger partial charge in [0, 0.05) is 37.1 Å². The van der Waals surface area contributed by atoms with Crippen molar-refractivity contribution >= 4 is 23.1 Å². The smallest absolute Gasteiger partial charge is 0.253 e. The summed E-state index contributed by atoms with van der Waals surface area (Å²) in [6.07, 6.45) is 20.9. The Labute approximate surface area is 234 Å². The number of piperidine rings is 1. The molecule has 0 bridgehead atoms. The van der Waals surface area contributed by atoms with Crippen molar-refractivity contribution in [3.8, 4) is 0 Å². The second kappa shape index (κ2) is 14.8. The first kappa shape index (κ1) is 33.8. The van der Waals surface area contributed by atoms with Crippen LogP contribution in [0.4, 0.5) is 0 Å². The molecule has 3 atom stereocenters. The molecule has 4 rings (SSSR count). The number of pyridine rings is 1. The van der Waals surface area contributed by atoms with Crippen LogP contribution >= 0.6 is 11.6 Å². The number of allylic oxidation sites excluding steroid dienone is 8. The third-order valence-corrected chi connectivity index (χ3v) is 8.02. The molecular formula is C31H48ClN3O3. The molecule has 6 nitrogen and oxygen atoms in total. The van der Waals surface area contributed by atoms with Gasteiger partial charge < -0.3 is 21.2 Å². The van der Waals surface area contributed by atoms with E-state index in [9.17, 15) is 4.79 Å². The Hall–Kier alpha value is -2.25. The standard InChI is InChI=1S/C30H40ClN3O.CH4.2H2O/c1-21(2)28(33-29(35)25-16-24(17-32-18-25)22-8-6-5-7-9-22)19-34-15-14-27(30(3,4)20-34)23-10-12-26(31)13-11-23;;;/h6,8-12,16-18,21,26-28H,5,7,13-15,19-20H2,1-4H3,(H,33,35);1H4;2*1H2/t26?,27-,28+;;;/m1.../s1. The lowest BCUT2D eigenvalue weighted by Crippen LogP contribution is -2.52. The van der Waals surface area contributed by atoms with Crippen LogP contribution in [0.1, 0.15) is 76.7 Å². The van der Waals surface area contributed by atoms with E-state index in [2.05, 4.69) is 79.4 Å². The lowest BCUT2D eigenvalue weighted by atomic mass is 9.69. The fourth-order valence-corrected chi connectivity index (χ4v) is 5.78. The van der Waals surface area contributed by atoms with E-state index in [4.69, 9.17) is 11.6 Å². The van der Waals surface area contributed by atoms with Gasteiger partial charge in [0.05, 0.1) is 10.9 Å². The fourth-order valence-electron chi connectivity index (χ4n) is 5.61. The summed E-state index contributed by atoms with van der Waals surface area (Å²) in [6, 6.07) is 2.05. The lowest BCUT2D eigenvalue weighted by Gasteiger charge is -2.46. The summed E-state index contributed by atoms with van der Waals surface area (Å²) in [5.74, 6) is 0.841. The van der Waals surface area contributed by atoms with Crippen LogP contribution in [0.5, 0.6) is 0 Å². The summed E-state index contributed by atoms with van der Waals surface area (Å²) in [7, 11) is 0. The van der Waals surface area contributed by atoms with E-state index in [0.717, 1.165) is 56.5 Å². The molecule has 38 heavy (non-hydrogen) atoms. The Morgan fingerprint density at radius 2 is 1.95 bits per heavy atom. The van der Waals surface area contributed by atoms with Gasteiger partial charge in [-0.25, -0.2) is 0 Å². The molecule has 2 heterocycles. The molecule has 1 unspecified atom stereocenters. The highest BCUT2D eigenvalue weighted by atomic mass is 35.5. The molecule has 1 fully saturated rings. The first-order valence-electron chi connectivity index (χ1n) is 13.1. The van der Waals surface area contributed by atoms with Gasteiger partial charge in [0.2, 0.25) is 0 Å². The molecule has 1 saturated heterocycles. The minimum Gasteiger partial charge on any atom is -0.412 e. The normalized spacial score (nSPS) is 23.2. The van der Waals surface area contributed by atoms with Crippen LogP contribution in [0.2, 0.25) is 0 Å². The zero-order valence-corrected chi connectivity index (χ0v) is 23.4. The number of carbonyl (C=O) groups excluding carboxylic acids is 1. The average molecular weight is 546 g/mol. The average Bonchev–Trinajstić information content (AvgIpc) is 2.84. The van der Waals surface area contributed by atoms with Gasteiger partial charge in [-0.3, -0.25) is 9.78 Å². The Balaban J connectivity index is 0.00000241. The van der Waals surface area contributed by atoms with Crippen LogP contribution in [0.15, 0.2) is 60.5 Å². The number of amides is 1. The predicted octanol–water partition coefficient (Wildman–Crippen LogP) is 5.40. The van der Waals surface area contributed by atoms with Gasteiger partial charge in [-0.15, -0.1) is 11.6 Å². The van der Waals surface area contributed by atoms with E-state index < -0.39 is 0 Å². The number of nitrogens with one attached hydrogen (secondary N) is 1. The van der Waals surface area contributed by atoms with Crippen molar-refractivity contribution in [1.82, 2.24) is 15.2 Å². The Bertz CT molecular complexity index is 1040. The van der Waals surface area contributed by atoms with Crippen LogP contribution in [-0.2, 0) is 0 Å². The number of likely N-dealkylation sites (tertiary alicyclic amines) is 1. The minimum atomic E-state index is -0.0410. The molecule has 0 spiro atoms.